The molecule has 0 atom stereocenters. The molecule has 0 radical (unpaired) electrons. The number of nitrogen functional groups attached to an aromatic ring is 1. The molecule has 2 heterocycles. The van der Waals surface area contributed by atoms with Crippen molar-refractivity contribution in [1.82, 2.24) is 14.9 Å². The molecule has 1 fully saturated rings. The van der Waals surface area contributed by atoms with Gasteiger partial charge in [-0.25, -0.2) is 4.98 Å². The molecule has 1 saturated heterocycles. The molecule has 3 aromatic rings. The minimum absolute atomic E-state index is 0.164. The Labute approximate surface area is 171 Å². The Morgan fingerprint density at radius 2 is 1.90 bits per heavy atom. The standard InChI is InChI=1S/C23H29N5O/c24-18-15-20-21(16-19(18)25-10-7-13-28-11-5-2-6-12-28)26-22(23(29)27-20)14-17-8-3-1-4-9-17/h1,3-4,8-9,15-16,25H,2,5-7,10-14,24H2,(H,27,29). The number of nitrogens with zero attached hydrogens (tertiary/aromatic N) is 2. The lowest BCUT2D eigenvalue weighted by Gasteiger charge is -2.26. The second kappa shape index (κ2) is 9.09. The number of aromatic amines is 1. The Morgan fingerprint density at radius 1 is 1.10 bits per heavy atom. The lowest BCUT2D eigenvalue weighted by Crippen LogP contribution is -2.31. The molecule has 4 N–H and O–H groups in total. The summed E-state index contributed by atoms with van der Waals surface area (Å²) in [5.74, 6) is 0. The van der Waals surface area contributed by atoms with E-state index in [-0.39, 0.29) is 5.56 Å². The fraction of sp³-hybridized carbons (Fsp3) is 0.391. The molecule has 1 aliphatic heterocycles. The minimum Gasteiger partial charge on any atom is -0.397 e. The fourth-order valence-electron chi connectivity index (χ4n) is 3.96. The maximum Gasteiger partial charge on any atom is 0.270 e. The maximum atomic E-state index is 12.4. The van der Waals surface area contributed by atoms with Gasteiger partial charge in [0, 0.05) is 13.0 Å². The van der Waals surface area contributed by atoms with Gasteiger partial charge in [0.2, 0.25) is 0 Å². The van der Waals surface area contributed by atoms with E-state index in [9.17, 15) is 4.79 Å². The summed E-state index contributed by atoms with van der Waals surface area (Å²) in [5.41, 5.74) is 10.5. The van der Waals surface area contributed by atoms with Gasteiger partial charge in [-0.1, -0.05) is 36.8 Å². The van der Waals surface area contributed by atoms with Crippen molar-refractivity contribution in [3.63, 3.8) is 0 Å². The molecule has 0 aliphatic carbocycles. The van der Waals surface area contributed by atoms with Crippen molar-refractivity contribution in [2.45, 2.75) is 32.1 Å². The van der Waals surface area contributed by atoms with Crippen LogP contribution in [0.4, 0.5) is 11.4 Å². The molecule has 152 valence electrons. The SMILES string of the molecule is Nc1cc2[nH]c(=O)c(Cc3ccccc3)nc2cc1NCCCN1CCCCC1. The first-order valence-corrected chi connectivity index (χ1v) is 10.5. The number of hydrogen-bond acceptors (Lipinski definition) is 5. The first kappa shape index (κ1) is 19.5. The molecule has 29 heavy (non-hydrogen) atoms. The summed E-state index contributed by atoms with van der Waals surface area (Å²) in [5, 5.41) is 3.44. The lowest BCUT2D eigenvalue weighted by molar-refractivity contribution is 0.228. The van der Waals surface area contributed by atoms with Crippen molar-refractivity contribution in [2.24, 2.45) is 0 Å². The van der Waals surface area contributed by atoms with Gasteiger partial charge in [-0.15, -0.1) is 0 Å². The first-order chi connectivity index (χ1) is 14.2. The predicted molar refractivity (Wildman–Crippen MR) is 119 cm³/mol. The van der Waals surface area contributed by atoms with E-state index < -0.39 is 0 Å². The Kier molecular flexibility index (Phi) is 6.10. The molecule has 1 aromatic heterocycles. The van der Waals surface area contributed by atoms with E-state index in [1.807, 2.05) is 36.4 Å². The maximum absolute atomic E-state index is 12.4. The average Bonchev–Trinajstić information content (AvgIpc) is 2.74. The third kappa shape index (κ3) is 4.95. The van der Waals surface area contributed by atoms with Crippen LogP contribution in [-0.2, 0) is 6.42 Å². The fourth-order valence-corrected chi connectivity index (χ4v) is 3.96. The van der Waals surface area contributed by atoms with Crippen molar-refractivity contribution in [3.05, 3.63) is 64.1 Å². The third-order valence-electron chi connectivity index (χ3n) is 5.56. The summed E-state index contributed by atoms with van der Waals surface area (Å²) in [6.45, 7) is 4.43. The van der Waals surface area contributed by atoms with Gasteiger partial charge < -0.3 is 20.9 Å². The van der Waals surface area contributed by atoms with E-state index in [0.29, 0.717) is 23.3 Å². The van der Waals surface area contributed by atoms with Crippen molar-refractivity contribution in [1.29, 1.82) is 0 Å². The largest absolute Gasteiger partial charge is 0.397 e. The molecule has 1 aliphatic rings. The molecule has 2 aromatic carbocycles. The molecule has 0 spiro atoms. The van der Waals surface area contributed by atoms with E-state index in [1.54, 1.807) is 6.07 Å². The van der Waals surface area contributed by atoms with Crippen molar-refractivity contribution in [3.8, 4) is 0 Å². The second-order valence-electron chi connectivity index (χ2n) is 7.81. The van der Waals surface area contributed by atoms with E-state index in [4.69, 9.17) is 5.73 Å². The number of piperidine rings is 1. The zero-order valence-corrected chi connectivity index (χ0v) is 16.8. The first-order valence-electron chi connectivity index (χ1n) is 10.5. The van der Waals surface area contributed by atoms with Crippen LogP contribution in [0.25, 0.3) is 11.0 Å². The van der Waals surface area contributed by atoms with Crippen LogP contribution >= 0.6 is 0 Å². The van der Waals surface area contributed by atoms with Crippen LogP contribution < -0.4 is 16.6 Å². The van der Waals surface area contributed by atoms with Gasteiger partial charge in [0.15, 0.2) is 0 Å². The van der Waals surface area contributed by atoms with Crippen LogP contribution in [0.3, 0.4) is 0 Å². The van der Waals surface area contributed by atoms with Gasteiger partial charge in [0.25, 0.3) is 5.56 Å². The number of fused-ring (bicyclic) bond motifs is 1. The monoisotopic (exact) mass is 391 g/mol. The molecular weight excluding hydrogens is 362 g/mol. The Morgan fingerprint density at radius 3 is 2.69 bits per heavy atom. The number of nitrogens with one attached hydrogen (secondary N) is 2. The number of nitrogens with two attached hydrogens (primary N) is 1. The second-order valence-corrected chi connectivity index (χ2v) is 7.81. The van der Waals surface area contributed by atoms with Crippen LogP contribution in [0.2, 0.25) is 0 Å². The minimum atomic E-state index is -0.164. The number of hydrogen-bond donors (Lipinski definition) is 3. The summed E-state index contributed by atoms with van der Waals surface area (Å²) in [7, 11) is 0. The topological polar surface area (TPSA) is 87.0 Å². The number of rotatable bonds is 7. The number of H-pyrrole nitrogens is 1. The molecule has 0 bridgehead atoms. The van der Waals surface area contributed by atoms with Crippen molar-refractivity contribution >= 4 is 22.4 Å². The van der Waals surface area contributed by atoms with E-state index in [0.717, 1.165) is 36.3 Å². The number of aromatic nitrogens is 2. The number of likely N-dealkylation sites (tertiary alicyclic amines) is 1. The van der Waals surface area contributed by atoms with E-state index in [1.165, 1.54) is 32.4 Å². The van der Waals surface area contributed by atoms with E-state index >= 15 is 0 Å². The van der Waals surface area contributed by atoms with Crippen LogP contribution in [0.15, 0.2) is 47.3 Å². The highest BCUT2D eigenvalue weighted by Gasteiger charge is 2.11. The number of benzene rings is 2. The molecular formula is C23H29N5O. The van der Waals surface area contributed by atoms with Crippen LogP contribution in [0.1, 0.15) is 36.9 Å². The van der Waals surface area contributed by atoms with Gasteiger partial charge in [0.05, 0.1) is 22.4 Å². The normalized spacial score (nSPS) is 14.9. The van der Waals surface area contributed by atoms with Gasteiger partial charge in [-0.05, 0) is 56.6 Å². The zero-order valence-electron chi connectivity index (χ0n) is 16.8. The molecule has 4 rings (SSSR count). The van der Waals surface area contributed by atoms with Crippen molar-refractivity contribution < 1.29 is 0 Å². The highest BCUT2D eigenvalue weighted by Crippen LogP contribution is 2.24. The molecule has 0 saturated carbocycles. The molecule has 6 nitrogen and oxygen atoms in total. The average molecular weight is 392 g/mol. The smallest absolute Gasteiger partial charge is 0.270 e. The summed E-state index contributed by atoms with van der Waals surface area (Å²) >= 11 is 0. The highest BCUT2D eigenvalue weighted by atomic mass is 16.1. The molecule has 6 heteroatoms. The van der Waals surface area contributed by atoms with Crippen LogP contribution in [0, 0.1) is 0 Å². The quantitative estimate of drug-likeness (QED) is 0.424. The Hall–Kier alpha value is -2.86. The van der Waals surface area contributed by atoms with Gasteiger partial charge in [-0.3, -0.25) is 4.79 Å². The van der Waals surface area contributed by atoms with Gasteiger partial charge in [-0.2, -0.15) is 0 Å². The summed E-state index contributed by atoms with van der Waals surface area (Å²) in [6, 6.07) is 13.6. The van der Waals surface area contributed by atoms with Crippen molar-refractivity contribution in [2.75, 3.05) is 37.2 Å². The van der Waals surface area contributed by atoms with Crippen LogP contribution in [0.5, 0.6) is 0 Å². The number of anilines is 2. The van der Waals surface area contributed by atoms with Crippen LogP contribution in [-0.4, -0.2) is 41.0 Å². The molecule has 0 unspecified atom stereocenters. The third-order valence-corrected chi connectivity index (χ3v) is 5.56. The predicted octanol–water partition coefficient (Wildman–Crippen LogP) is 3.38. The zero-order chi connectivity index (χ0) is 20.1. The summed E-state index contributed by atoms with van der Waals surface area (Å²) < 4.78 is 0. The Balaban J connectivity index is 1.45. The van der Waals surface area contributed by atoms with Gasteiger partial charge in [0.1, 0.15) is 5.69 Å². The highest BCUT2D eigenvalue weighted by molar-refractivity contribution is 5.86. The lowest BCUT2D eigenvalue weighted by atomic mass is 10.1. The summed E-state index contributed by atoms with van der Waals surface area (Å²) in [6.07, 6.45) is 5.59. The molecule has 0 amide bonds. The Bertz CT molecular complexity index is 1010. The van der Waals surface area contributed by atoms with Gasteiger partial charge >= 0.3 is 0 Å². The summed E-state index contributed by atoms with van der Waals surface area (Å²) in [4.78, 5) is 22.5. The van der Waals surface area contributed by atoms with E-state index in [2.05, 4.69) is 20.2 Å².